The van der Waals surface area contributed by atoms with Gasteiger partial charge in [0.25, 0.3) is 0 Å². The molecule has 1 fully saturated rings. The molecule has 1 aliphatic carbocycles. The topological polar surface area (TPSA) is 120 Å². The van der Waals surface area contributed by atoms with Gasteiger partial charge in [-0.15, -0.1) is 0 Å². The zero-order valence-corrected chi connectivity index (χ0v) is 11.3. The van der Waals surface area contributed by atoms with E-state index in [1.807, 2.05) is 0 Å². The fourth-order valence-electron chi connectivity index (χ4n) is 2.35. The van der Waals surface area contributed by atoms with Gasteiger partial charge in [0.2, 0.25) is 10.0 Å². The lowest BCUT2D eigenvalue weighted by Gasteiger charge is -2.17. The van der Waals surface area contributed by atoms with Crippen molar-refractivity contribution in [3.05, 3.63) is 24.0 Å². The molecule has 0 amide bonds. The van der Waals surface area contributed by atoms with E-state index in [0.717, 1.165) is 0 Å². The van der Waals surface area contributed by atoms with Gasteiger partial charge in [-0.2, -0.15) is 5.26 Å². The minimum atomic E-state index is -3.95. The van der Waals surface area contributed by atoms with E-state index in [1.54, 1.807) is 6.07 Å². The second kappa shape index (κ2) is 5.56. The van der Waals surface area contributed by atoms with E-state index in [4.69, 9.17) is 10.4 Å². The van der Waals surface area contributed by atoms with E-state index in [1.165, 1.54) is 18.3 Å². The van der Waals surface area contributed by atoms with Crippen LogP contribution in [0.25, 0.3) is 0 Å². The quantitative estimate of drug-likeness (QED) is 0.833. The van der Waals surface area contributed by atoms with Crippen LogP contribution in [0.1, 0.15) is 25.0 Å². The molecule has 1 heterocycles. The Balaban J connectivity index is 2.28. The maximum Gasteiger partial charge on any atom is 0.308 e. The Bertz CT molecular complexity index is 666. The number of aromatic nitrogens is 1. The first kappa shape index (κ1) is 14.4. The molecule has 1 saturated carbocycles. The molecule has 2 N–H and O–H groups in total. The van der Waals surface area contributed by atoms with E-state index in [2.05, 4.69) is 9.71 Å². The largest absolute Gasteiger partial charge is 0.481 e. The van der Waals surface area contributed by atoms with Crippen LogP contribution in [0.2, 0.25) is 0 Å². The lowest BCUT2D eigenvalue weighted by molar-refractivity contribution is -0.141. The predicted octanol–water partition coefficient (Wildman–Crippen LogP) is 0.485. The van der Waals surface area contributed by atoms with Gasteiger partial charge in [0.1, 0.15) is 11.0 Å². The standard InChI is InChI=1S/C12H13N3O4S/c13-7-10-11(5-2-6-14-10)20(18,19)15-9-4-1-3-8(9)12(16)17/h2,5-6,8-9,15H,1,3-4H2,(H,16,17). The number of hydrogen-bond donors (Lipinski definition) is 2. The van der Waals surface area contributed by atoms with Crippen LogP contribution in [0.4, 0.5) is 0 Å². The molecule has 0 spiro atoms. The van der Waals surface area contributed by atoms with Crippen molar-refractivity contribution >= 4 is 16.0 Å². The number of carbonyl (C=O) groups is 1. The van der Waals surface area contributed by atoms with Gasteiger partial charge >= 0.3 is 5.97 Å². The highest BCUT2D eigenvalue weighted by Crippen LogP contribution is 2.27. The van der Waals surface area contributed by atoms with E-state index in [0.29, 0.717) is 19.3 Å². The lowest BCUT2D eigenvalue weighted by atomic mass is 10.1. The number of carboxylic acid groups (broad SMARTS) is 1. The number of pyridine rings is 1. The summed E-state index contributed by atoms with van der Waals surface area (Å²) in [6.07, 6.45) is 2.90. The van der Waals surface area contributed by atoms with Crippen molar-refractivity contribution in [1.29, 1.82) is 5.26 Å². The molecule has 106 valence electrons. The Labute approximate surface area is 116 Å². The molecule has 8 heteroatoms. The van der Waals surface area contributed by atoms with Gasteiger partial charge in [-0.25, -0.2) is 18.1 Å². The first-order chi connectivity index (χ1) is 9.45. The maximum atomic E-state index is 12.2. The SMILES string of the molecule is N#Cc1ncccc1S(=O)(=O)NC1CCCC1C(=O)O. The highest BCUT2D eigenvalue weighted by molar-refractivity contribution is 7.89. The Morgan fingerprint density at radius 3 is 2.90 bits per heavy atom. The average molecular weight is 295 g/mol. The van der Waals surface area contributed by atoms with Crippen LogP contribution in [0.5, 0.6) is 0 Å². The monoisotopic (exact) mass is 295 g/mol. The van der Waals surface area contributed by atoms with Crippen molar-refractivity contribution in [2.75, 3.05) is 0 Å². The number of rotatable bonds is 4. The molecule has 1 aliphatic rings. The van der Waals surface area contributed by atoms with Crippen LogP contribution in [0.3, 0.4) is 0 Å². The third kappa shape index (κ3) is 2.79. The van der Waals surface area contributed by atoms with Crippen molar-refractivity contribution in [2.45, 2.75) is 30.2 Å². The molecule has 0 aliphatic heterocycles. The number of aliphatic carboxylic acids is 1. The fraction of sp³-hybridized carbons (Fsp3) is 0.417. The number of carboxylic acids is 1. The number of nitrogens with one attached hydrogen (secondary N) is 1. The van der Waals surface area contributed by atoms with Gasteiger partial charge in [-0.3, -0.25) is 4.79 Å². The van der Waals surface area contributed by atoms with Crippen LogP contribution < -0.4 is 4.72 Å². The van der Waals surface area contributed by atoms with Gasteiger partial charge in [-0.1, -0.05) is 6.42 Å². The molecule has 7 nitrogen and oxygen atoms in total. The van der Waals surface area contributed by atoms with Crippen LogP contribution in [-0.2, 0) is 14.8 Å². The second-order valence-electron chi connectivity index (χ2n) is 4.57. The minimum absolute atomic E-state index is 0.204. The minimum Gasteiger partial charge on any atom is -0.481 e. The van der Waals surface area contributed by atoms with E-state index in [9.17, 15) is 13.2 Å². The summed E-state index contributed by atoms with van der Waals surface area (Å²) in [7, 11) is -3.95. The van der Waals surface area contributed by atoms with Crippen molar-refractivity contribution in [2.24, 2.45) is 5.92 Å². The third-order valence-electron chi connectivity index (χ3n) is 3.31. The molecular formula is C12H13N3O4S. The number of nitriles is 1. The molecule has 0 bridgehead atoms. The van der Waals surface area contributed by atoms with Crippen LogP contribution in [0, 0.1) is 17.2 Å². The van der Waals surface area contributed by atoms with Gasteiger partial charge < -0.3 is 5.11 Å². The van der Waals surface area contributed by atoms with E-state index >= 15 is 0 Å². The Morgan fingerprint density at radius 2 is 2.25 bits per heavy atom. The second-order valence-corrected chi connectivity index (χ2v) is 6.25. The summed E-state index contributed by atoms with van der Waals surface area (Å²) >= 11 is 0. The predicted molar refractivity (Wildman–Crippen MR) is 68.0 cm³/mol. The summed E-state index contributed by atoms with van der Waals surface area (Å²) in [6.45, 7) is 0. The third-order valence-corrected chi connectivity index (χ3v) is 4.83. The van der Waals surface area contributed by atoms with Crippen LogP contribution >= 0.6 is 0 Å². The summed E-state index contributed by atoms with van der Waals surface area (Å²) in [4.78, 5) is 14.5. The van der Waals surface area contributed by atoms with E-state index in [-0.39, 0.29) is 10.6 Å². The molecule has 0 saturated heterocycles. The molecule has 0 radical (unpaired) electrons. The van der Waals surface area contributed by atoms with Crippen molar-refractivity contribution in [3.63, 3.8) is 0 Å². The van der Waals surface area contributed by atoms with Crippen molar-refractivity contribution in [1.82, 2.24) is 9.71 Å². The van der Waals surface area contributed by atoms with Crippen LogP contribution in [-0.4, -0.2) is 30.5 Å². The first-order valence-electron chi connectivity index (χ1n) is 6.06. The summed E-state index contributed by atoms with van der Waals surface area (Å²) in [6, 6.07) is 3.76. The molecule has 1 aromatic rings. The first-order valence-corrected chi connectivity index (χ1v) is 7.54. The summed E-state index contributed by atoms with van der Waals surface area (Å²) in [5, 5.41) is 17.9. The number of sulfonamides is 1. The van der Waals surface area contributed by atoms with Crippen molar-refractivity contribution in [3.8, 4) is 6.07 Å². The van der Waals surface area contributed by atoms with Crippen molar-refractivity contribution < 1.29 is 18.3 Å². The normalized spacial score (nSPS) is 22.4. The van der Waals surface area contributed by atoms with E-state index < -0.39 is 28.0 Å². The molecular weight excluding hydrogens is 282 g/mol. The lowest BCUT2D eigenvalue weighted by Crippen LogP contribution is -2.40. The van der Waals surface area contributed by atoms with Gasteiger partial charge in [0, 0.05) is 12.2 Å². The Hall–Kier alpha value is -1.98. The maximum absolute atomic E-state index is 12.2. The summed E-state index contributed by atoms with van der Waals surface area (Å²) < 4.78 is 26.9. The summed E-state index contributed by atoms with van der Waals surface area (Å²) in [5.74, 6) is -1.74. The number of hydrogen-bond acceptors (Lipinski definition) is 5. The van der Waals surface area contributed by atoms with Crippen LogP contribution in [0.15, 0.2) is 23.2 Å². The molecule has 2 rings (SSSR count). The molecule has 0 aromatic carbocycles. The summed E-state index contributed by atoms with van der Waals surface area (Å²) in [5.41, 5.74) is -0.204. The van der Waals surface area contributed by atoms with Gasteiger partial charge in [0.15, 0.2) is 5.69 Å². The Morgan fingerprint density at radius 1 is 1.50 bits per heavy atom. The Kier molecular flexibility index (Phi) is 4.01. The van der Waals surface area contributed by atoms with Gasteiger partial charge in [-0.05, 0) is 25.0 Å². The average Bonchev–Trinajstić information content (AvgIpc) is 2.86. The zero-order chi connectivity index (χ0) is 14.8. The fourth-order valence-corrected chi connectivity index (χ4v) is 3.77. The highest BCUT2D eigenvalue weighted by atomic mass is 32.2. The highest BCUT2D eigenvalue weighted by Gasteiger charge is 2.36. The smallest absolute Gasteiger partial charge is 0.308 e. The molecule has 2 unspecified atom stereocenters. The number of nitrogens with zero attached hydrogens (tertiary/aromatic N) is 2. The molecule has 1 aromatic heterocycles. The zero-order valence-electron chi connectivity index (χ0n) is 10.5. The molecule has 2 atom stereocenters. The molecule has 20 heavy (non-hydrogen) atoms. The van der Waals surface area contributed by atoms with Gasteiger partial charge in [0.05, 0.1) is 5.92 Å².